The van der Waals surface area contributed by atoms with Gasteiger partial charge in [0.25, 0.3) is 0 Å². The zero-order valence-corrected chi connectivity index (χ0v) is 9.18. The summed E-state index contributed by atoms with van der Waals surface area (Å²) in [7, 11) is 0. The van der Waals surface area contributed by atoms with Crippen molar-refractivity contribution >= 4 is 11.8 Å². The van der Waals surface area contributed by atoms with Gasteiger partial charge in [-0.2, -0.15) is 5.26 Å². The van der Waals surface area contributed by atoms with E-state index in [1.807, 2.05) is 12.1 Å². The number of hydrogen-bond donors (Lipinski definition) is 0. The van der Waals surface area contributed by atoms with E-state index in [0.29, 0.717) is 11.4 Å². The first-order valence-electron chi connectivity index (χ1n) is 4.63. The van der Waals surface area contributed by atoms with Gasteiger partial charge in [-0.1, -0.05) is 17.8 Å². The number of nitrogens with zero attached hydrogens (tertiary/aromatic N) is 4. The van der Waals surface area contributed by atoms with Gasteiger partial charge in [-0.3, -0.25) is 4.98 Å². The summed E-state index contributed by atoms with van der Waals surface area (Å²) < 4.78 is 0. The molecule has 0 aliphatic heterocycles. The van der Waals surface area contributed by atoms with Gasteiger partial charge in [0, 0.05) is 24.3 Å². The van der Waals surface area contributed by atoms with Crippen LogP contribution in [0.2, 0.25) is 0 Å². The number of thioether (sulfide) groups is 1. The van der Waals surface area contributed by atoms with E-state index in [4.69, 9.17) is 5.26 Å². The van der Waals surface area contributed by atoms with Crippen LogP contribution in [0.15, 0.2) is 41.9 Å². The van der Waals surface area contributed by atoms with E-state index in [1.54, 1.807) is 24.8 Å². The molecule has 0 saturated heterocycles. The summed E-state index contributed by atoms with van der Waals surface area (Å²) in [4.78, 5) is 12.1. The van der Waals surface area contributed by atoms with E-state index in [-0.39, 0.29) is 0 Å². The molecule has 0 saturated carbocycles. The van der Waals surface area contributed by atoms with Crippen LogP contribution in [0.25, 0.3) is 0 Å². The van der Waals surface area contributed by atoms with E-state index in [2.05, 4.69) is 21.0 Å². The molecule has 2 aromatic heterocycles. The smallest absolute Gasteiger partial charge is 0.144 e. The fourth-order valence-corrected chi connectivity index (χ4v) is 1.97. The molecule has 0 spiro atoms. The third-order valence-electron chi connectivity index (χ3n) is 1.91. The van der Waals surface area contributed by atoms with Crippen molar-refractivity contribution in [3.05, 3.63) is 48.2 Å². The SMILES string of the molecule is N#Cc1ncccc1CSc1cnccn1. The molecule has 2 heterocycles. The largest absolute Gasteiger partial charge is 0.260 e. The molecule has 0 amide bonds. The van der Waals surface area contributed by atoms with Gasteiger partial charge < -0.3 is 0 Å². The molecule has 0 N–H and O–H groups in total. The second kappa shape index (κ2) is 5.24. The summed E-state index contributed by atoms with van der Waals surface area (Å²) in [6.45, 7) is 0. The van der Waals surface area contributed by atoms with Gasteiger partial charge in [0.1, 0.15) is 16.8 Å². The molecule has 4 nitrogen and oxygen atoms in total. The van der Waals surface area contributed by atoms with E-state index in [9.17, 15) is 0 Å². The predicted octanol–water partition coefficient (Wildman–Crippen LogP) is 2.04. The molecule has 2 aromatic rings. The molecule has 0 unspecified atom stereocenters. The van der Waals surface area contributed by atoms with Crippen LogP contribution in [-0.2, 0) is 5.75 Å². The van der Waals surface area contributed by atoms with Crippen molar-refractivity contribution in [3.8, 4) is 6.07 Å². The molecule has 0 aliphatic carbocycles. The maximum atomic E-state index is 8.87. The number of hydrogen-bond acceptors (Lipinski definition) is 5. The van der Waals surface area contributed by atoms with Crippen molar-refractivity contribution in [2.75, 3.05) is 0 Å². The normalized spacial score (nSPS) is 9.69. The first-order chi connectivity index (χ1) is 7.90. The molecule has 0 bridgehead atoms. The minimum atomic E-state index is 0.471. The Morgan fingerprint density at radius 2 is 2.19 bits per heavy atom. The number of nitriles is 1. The average Bonchev–Trinajstić information content (AvgIpc) is 2.38. The highest BCUT2D eigenvalue weighted by molar-refractivity contribution is 7.98. The third kappa shape index (κ3) is 2.55. The molecule has 5 heteroatoms. The molecule has 0 aromatic carbocycles. The molecule has 2 rings (SSSR count). The van der Waals surface area contributed by atoms with Gasteiger partial charge in [-0.25, -0.2) is 9.97 Å². The number of rotatable bonds is 3. The first-order valence-corrected chi connectivity index (χ1v) is 5.61. The van der Waals surface area contributed by atoms with Crippen LogP contribution in [0.3, 0.4) is 0 Å². The van der Waals surface area contributed by atoms with Gasteiger partial charge in [0.2, 0.25) is 0 Å². The van der Waals surface area contributed by atoms with Crippen LogP contribution in [0.4, 0.5) is 0 Å². The second-order valence-corrected chi connectivity index (χ2v) is 3.95. The summed E-state index contributed by atoms with van der Waals surface area (Å²) in [5.41, 5.74) is 1.39. The molecule has 0 atom stereocenters. The third-order valence-corrected chi connectivity index (χ3v) is 2.87. The lowest BCUT2D eigenvalue weighted by Gasteiger charge is -2.01. The Kier molecular flexibility index (Phi) is 3.46. The van der Waals surface area contributed by atoms with Crippen LogP contribution < -0.4 is 0 Å². The lowest BCUT2D eigenvalue weighted by molar-refractivity contribution is 1.05. The van der Waals surface area contributed by atoms with E-state index < -0.39 is 0 Å². The Hall–Kier alpha value is -1.93. The lowest BCUT2D eigenvalue weighted by Crippen LogP contribution is -1.91. The Morgan fingerprint density at radius 1 is 1.25 bits per heavy atom. The molecule has 78 valence electrons. The zero-order chi connectivity index (χ0) is 11.2. The van der Waals surface area contributed by atoms with Crippen LogP contribution in [-0.4, -0.2) is 15.0 Å². The predicted molar refractivity (Wildman–Crippen MR) is 60.5 cm³/mol. The number of aromatic nitrogens is 3. The number of pyridine rings is 1. The van der Waals surface area contributed by atoms with Crippen molar-refractivity contribution in [1.82, 2.24) is 15.0 Å². The van der Waals surface area contributed by atoms with Crippen LogP contribution in [0.1, 0.15) is 11.3 Å². The summed E-state index contributed by atoms with van der Waals surface area (Å²) in [6, 6.07) is 5.80. The van der Waals surface area contributed by atoms with Crippen LogP contribution >= 0.6 is 11.8 Å². The van der Waals surface area contributed by atoms with Crippen molar-refractivity contribution in [3.63, 3.8) is 0 Å². The summed E-state index contributed by atoms with van der Waals surface area (Å²) in [5.74, 6) is 0.676. The minimum absolute atomic E-state index is 0.471. The first kappa shape index (κ1) is 10.6. The van der Waals surface area contributed by atoms with E-state index in [1.165, 1.54) is 11.8 Å². The maximum absolute atomic E-state index is 8.87. The summed E-state index contributed by atoms with van der Waals surface area (Å²) >= 11 is 1.54. The average molecular weight is 228 g/mol. The summed E-state index contributed by atoms with van der Waals surface area (Å²) in [6.07, 6.45) is 6.60. The second-order valence-electron chi connectivity index (χ2n) is 2.96. The molecule has 0 radical (unpaired) electrons. The Bertz CT molecular complexity index is 507. The highest BCUT2D eigenvalue weighted by Crippen LogP contribution is 2.20. The fourth-order valence-electron chi connectivity index (χ4n) is 1.17. The Morgan fingerprint density at radius 3 is 2.94 bits per heavy atom. The standard InChI is InChI=1S/C11H8N4S/c12-6-10-9(2-1-3-14-10)8-16-11-7-13-4-5-15-11/h1-5,7H,8H2. The Balaban J connectivity index is 2.09. The molecule has 0 aliphatic rings. The Labute approximate surface area is 97.4 Å². The van der Waals surface area contributed by atoms with Crippen molar-refractivity contribution in [2.45, 2.75) is 10.8 Å². The maximum Gasteiger partial charge on any atom is 0.144 e. The topological polar surface area (TPSA) is 62.5 Å². The van der Waals surface area contributed by atoms with Gasteiger partial charge in [-0.15, -0.1) is 0 Å². The van der Waals surface area contributed by atoms with E-state index in [0.717, 1.165) is 10.6 Å². The van der Waals surface area contributed by atoms with Crippen LogP contribution in [0, 0.1) is 11.3 Å². The molecule has 0 fully saturated rings. The summed E-state index contributed by atoms with van der Waals surface area (Å²) in [5, 5.41) is 9.71. The highest BCUT2D eigenvalue weighted by atomic mass is 32.2. The molecule has 16 heavy (non-hydrogen) atoms. The van der Waals surface area contributed by atoms with E-state index >= 15 is 0 Å². The monoisotopic (exact) mass is 228 g/mol. The van der Waals surface area contributed by atoms with Crippen molar-refractivity contribution in [2.24, 2.45) is 0 Å². The van der Waals surface area contributed by atoms with Crippen LogP contribution in [0.5, 0.6) is 0 Å². The lowest BCUT2D eigenvalue weighted by atomic mass is 10.2. The van der Waals surface area contributed by atoms with Gasteiger partial charge in [0.15, 0.2) is 0 Å². The zero-order valence-electron chi connectivity index (χ0n) is 8.37. The van der Waals surface area contributed by atoms with Gasteiger partial charge in [-0.05, 0) is 11.6 Å². The van der Waals surface area contributed by atoms with Crippen molar-refractivity contribution < 1.29 is 0 Å². The quantitative estimate of drug-likeness (QED) is 0.752. The van der Waals surface area contributed by atoms with Gasteiger partial charge >= 0.3 is 0 Å². The molecular formula is C11H8N4S. The minimum Gasteiger partial charge on any atom is -0.260 e. The highest BCUT2D eigenvalue weighted by Gasteiger charge is 2.03. The molecular weight excluding hydrogens is 220 g/mol. The van der Waals surface area contributed by atoms with Crippen molar-refractivity contribution in [1.29, 1.82) is 5.26 Å². The van der Waals surface area contributed by atoms with Gasteiger partial charge in [0.05, 0.1) is 6.20 Å². The fraction of sp³-hybridized carbons (Fsp3) is 0.0909.